The number of rotatable bonds is 6. The van der Waals surface area contributed by atoms with Gasteiger partial charge in [0.2, 0.25) is 11.8 Å². The maximum atomic E-state index is 12.5. The lowest BCUT2D eigenvalue weighted by Crippen LogP contribution is -2.36. The maximum absolute atomic E-state index is 12.5. The van der Waals surface area contributed by atoms with Gasteiger partial charge < -0.3 is 10.2 Å². The second kappa shape index (κ2) is 8.55. The van der Waals surface area contributed by atoms with Crippen LogP contribution in [0.25, 0.3) is 10.8 Å². The highest BCUT2D eigenvalue weighted by atomic mass is 16.2. The zero-order valence-electron chi connectivity index (χ0n) is 16.3. The van der Waals surface area contributed by atoms with Gasteiger partial charge in [-0.3, -0.25) is 24.3 Å². The second-order valence-corrected chi connectivity index (χ2v) is 6.86. The van der Waals surface area contributed by atoms with Crippen LogP contribution in [0.1, 0.15) is 12.0 Å². The normalized spacial score (nSPS) is 10.7. The number of nitrogens with one attached hydrogen (secondary N) is 2. The molecule has 0 saturated carbocycles. The van der Waals surface area contributed by atoms with Crippen LogP contribution in [0.3, 0.4) is 0 Å². The molecule has 2 N–H and O–H groups in total. The van der Waals surface area contributed by atoms with Gasteiger partial charge in [0, 0.05) is 19.2 Å². The van der Waals surface area contributed by atoms with Crippen LogP contribution in [0.2, 0.25) is 0 Å². The van der Waals surface area contributed by atoms with Gasteiger partial charge in [0.25, 0.3) is 11.1 Å². The number of hydrogen-bond donors (Lipinski definition) is 2. The summed E-state index contributed by atoms with van der Waals surface area (Å²) in [6.45, 7) is 1.85. The molecule has 0 saturated heterocycles. The third-order valence-corrected chi connectivity index (χ3v) is 4.57. The molecule has 29 heavy (non-hydrogen) atoms. The number of nitrogens with zero attached hydrogens (tertiary/aromatic N) is 2. The van der Waals surface area contributed by atoms with Gasteiger partial charge in [-0.15, -0.1) is 0 Å². The first-order chi connectivity index (χ1) is 13.8. The summed E-state index contributed by atoms with van der Waals surface area (Å²) in [7, 11) is 1.52. The van der Waals surface area contributed by atoms with Crippen molar-refractivity contribution in [1.82, 2.24) is 14.7 Å². The number of likely N-dealkylation sites (N-methyl/N-ethyl adjacent to an activating group) is 1. The molecule has 2 aromatic carbocycles. The first-order valence-electron chi connectivity index (χ1n) is 9.17. The van der Waals surface area contributed by atoms with E-state index in [1.807, 2.05) is 19.1 Å². The average molecular weight is 394 g/mol. The first-order valence-corrected chi connectivity index (χ1v) is 9.17. The SMILES string of the molecule is Cc1ccc(NC(=O)CN(C)C(=O)CCn2[nH]c(=O)c3ccccc3c2=O)cc1. The highest BCUT2D eigenvalue weighted by molar-refractivity contribution is 5.94. The minimum absolute atomic E-state index is 0.0155. The molecule has 0 spiro atoms. The van der Waals surface area contributed by atoms with Crippen LogP contribution in [0.5, 0.6) is 0 Å². The molecule has 0 aliphatic carbocycles. The number of H-pyrrole nitrogens is 1. The fourth-order valence-corrected chi connectivity index (χ4v) is 2.94. The number of aromatic nitrogens is 2. The van der Waals surface area contributed by atoms with E-state index in [9.17, 15) is 19.2 Å². The van der Waals surface area contributed by atoms with E-state index in [4.69, 9.17) is 0 Å². The molecule has 0 unspecified atom stereocenters. The lowest BCUT2D eigenvalue weighted by Gasteiger charge is -2.17. The fourth-order valence-electron chi connectivity index (χ4n) is 2.94. The number of aryl methyl sites for hydroxylation is 2. The molecule has 3 rings (SSSR count). The number of aromatic amines is 1. The van der Waals surface area contributed by atoms with Gasteiger partial charge in [-0.25, -0.2) is 4.68 Å². The molecule has 2 amide bonds. The van der Waals surface area contributed by atoms with E-state index in [0.717, 1.165) is 10.2 Å². The van der Waals surface area contributed by atoms with Crippen LogP contribution in [0.15, 0.2) is 58.1 Å². The van der Waals surface area contributed by atoms with Crippen molar-refractivity contribution in [3.63, 3.8) is 0 Å². The van der Waals surface area contributed by atoms with Crippen molar-refractivity contribution in [2.24, 2.45) is 0 Å². The van der Waals surface area contributed by atoms with Crippen molar-refractivity contribution < 1.29 is 9.59 Å². The monoisotopic (exact) mass is 394 g/mol. The largest absolute Gasteiger partial charge is 0.336 e. The zero-order chi connectivity index (χ0) is 21.0. The van der Waals surface area contributed by atoms with E-state index in [-0.39, 0.29) is 36.9 Å². The van der Waals surface area contributed by atoms with Crippen LogP contribution in [-0.4, -0.2) is 40.1 Å². The molecular formula is C21H22N4O4. The fraction of sp³-hybridized carbons (Fsp3) is 0.238. The van der Waals surface area contributed by atoms with Crippen molar-refractivity contribution in [2.75, 3.05) is 18.9 Å². The molecule has 0 atom stereocenters. The Hall–Kier alpha value is -3.68. The average Bonchev–Trinajstić information content (AvgIpc) is 2.71. The Morgan fingerprint density at radius 3 is 2.38 bits per heavy atom. The maximum Gasteiger partial charge on any atom is 0.273 e. The third kappa shape index (κ3) is 4.78. The molecule has 1 aromatic heterocycles. The Morgan fingerprint density at radius 2 is 1.69 bits per heavy atom. The summed E-state index contributed by atoms with van der Waals surface area (Å²) in [5.74, 6) is -0.633. The van der Waals surface area contributed by atoms with Crippen LogP contribution in [0.4, 0.5) is 5.69 Å². The summed E-state index contributed by atoms with van der Waals surface area (Å²) in [5, 5.41) is 5.83. The minimum atomic E-state index is -0.390. The number of carbonyl (C=O) groups is 2. The molecule has 8 nitrogen and oxygen atoms in total. The number of anilines is 1. The summed E-state index contributed by atoms with van der Waals surface area (Å²) < 4.78 is 1.13. The molecule has 8 heteroatoms. The molecule has 0 radical (unpaired) electrons. The zero-order valence-corrected chi connectivity index (χ0v) is 16.3. The highest BCUT2D eigenvalue weighted by Gasteiger charge is 2.14. The van der Waals surface area contributed by atoms with Crippen molar-refractivity contribution in [1.29, 1.82) is 0 Å². The molecule has 0 aliphatic heterocycles. The van der Waals surface area contributed by atoms with Gasteiger partial charge in [-0.1, -0.05) is 29.8 Å². The quantitative estimate of drug-likeness (QED) is 0.661. The summed E-state index contributed by atoms with van der Waals surface area (Å²) in [4.78, 5) is 50.3. The molecule has 1 heterocycles. The van der Waals surface area contributed by atoms with Gasteiger partial charge in [-0.2, -0.15) is 0 Å². The molecule has 0 fully saturated rings. The Balaban J connectivity index is 1.60. The summed E-state index contributed by atoms with van der Waals surface area (Å²) in [6.07, 6.45) is -0.0253. The Bertz CT molecular complexity index is 1160. The van der Waals surface area contributed by atoms with Crippen LogP contribution in [-0.2, 0) is 16.1 Å². The van der Waals surface area contributed by atoms with Crippen LogP contribution >= 0.6 is 0 Å². The van der Waals surface area contributed by atoms with Crippen molar-refractivity contribution in [3.8, 4) is 0 Å². The number of amides is 2. The highest BCUT2D eigenvalue weighted by Crippen LogP contribution is 2.08. The van der Waals surface area contributed by atoms with Crippen molar-refractivity contribution in [2.45, 2.75) is 19.9 Å². The molecular weight excluding hydrogens is 372 g/mol. The van der Waals surface area contributed by atoms with E-state index in [1.54, 1.807) is 36.4 Å². The predicted molar refractivity (Wildman–Crippen MR) is 111 cm³/mol. The van der Waals surface area contributed by atoms with Crippen molar-refractivity contribution >= 4 is 28.3 Å². The topological polar surface area (TPSA) is 104 Å². The van der Waals surface area contributed by atoms with E-state index in [0.29, 0.717) is 16.5 Å². The lowest BCUT2D eigenvalue weighted by molar-refractivity contribution is -0.133. The van der Waals surface area contributed by atoms with Crippen LogP contribution in [0, 0.1) is 6.92 Å². The number of hydrogen-bond acceptors (Lipinski definition) is 4. The first kappa shape index (κ1) is 20.1. The van der Waals surface area contributed by atoms with E-state index in [2.05, 4.69) is 10.4 Å². The van der Waals surface area contributed by atoms with Crippen LogP contribution < -0.4 is 16.4 Å². The lowest BCUT2D eigenvalue weighted by atomic mass is 10.2. The smallest absolute Gasteiger partial charge is 0.273 e. The number of benzene rings is 2. The molecule has 150 valence electrons. The summed E-state index contributed by atoms with van der Waals surface area (Å²) >= 11 is 0. The van der Waals surface area contributed by atoms with E-state index in [1.165, 1.54) is 11.9 Å². The Labute approximate surface area is 166 Å². The van der Waals surface area contributed by atoms with Gasteiger partial charge in [0.15, 0.2) is 0 Å². The Kier molecular flexibility index (Phi) is 5.92. The Morgan fingerprint density at radius 1 is 1.03 bits per heavy atom. The predicted octanol–water partition coefficient (Wildman–Crippen LogP) is 1.49. The van der Waals surface area contributed by atoms with E-state index >= 15 is 0 Å². The molecule has 0 bridgehead atoms. The van der Waals surface area contributed by atoms with Crippen molar-refractivity contribution in [3.05, 3.63) is 74.8 Å². The van der Waals surface area contributed by atoms with Gasteiger partial charge in [0.1, 0.15) is 0 Å². The second-order valence-electron chi connectivity index (χ2n) is 6.86. The van der Waals surface area contributed by atoms with Gasteiger partial charge in [0.05, 0.1) is 23.9 Å². The van der Waals surface area contributed by atoms with E-state index < -0.39 is 5.56 Å². The van der Waals surface area contributed by atoms with Gasteiger partial charge >= 0.3 is 0 Å². The summed E-state index contributed by atoms with van der Waals surface area (Å²) in [5.41, 5.74) is 0.977. The van der Waals surface area contributed by atoms with Gasteiger partial charge in [-0.05, 0) is 31.2 Å². The molecule has 0 aliphatic rings. The third-order valence-electron chi connectivity index (χ3n) is 4.57. The standard InChI is InChI=1S/C21H22N4O4/c1-14-7-9-15(10-8-14)22-18(26)13-24(2)19(27)11-12-25-21(29)17-6-4-3-5-16(17)20(28)23-25/h3-10H,11-13H2,1-2H3,(H,22,26)(H,23,28). The number of fused-ring (bicyclic) bond motifs is 1. The number of carbonyl (C=O) groups excluding carboxylic acids is 2. The summed E-state index contributed by atoms with van der Waals surface area (Å²) in [6, 6.07) is 13.9. The minimum Gasteiger partial charge on any atom is -0.336 e. The molecule has 3 aromatic rings.